The normalized spacial score (nSPS) is 18.0. The molecule has 2 saturated heterocycles. The molecule has 6 aromatic rings. The van der Waals surface area contributed by atoms with Crippen molar-refractivity contribution in [3.8, 4) is 33.6 Å². The van der Waals surface area contributed by atoms with Crippen LogP contribution in [0.4, 0.5) is 4.79 Å². The summed E-state index contributed by atoms with van der Waals surface area (Å²) >= 11 is 6.47. The van der Waals surface area contributed by atoms with Crippen molar-refractivity contribution in [2.24, 2.45) is 5.92 Å². The van der Waals surface area contributed by atoms with E-state index in [9.17, 15) is 19.5 Å². The molecule has 1 unspecified atom stereocenters. The van der Waals surface area contributed by atoms with Gasteiger partial charge in [0, 0.05) is 36.3 Å². The molecule has 15 heteroatoms. The number of nitrogens with one attached hydrogen (secondary N) is 4. The number of rotatable bonds is 13. The third-order valence-electron chi connectivity index (χ3n) is 12.0. The molecule has 4 heterocycles. The van der Waals surface area contributed by atoms with Gasteiger partial charge in [-0.2, -0.15) is 0 Å². The van der Waals surface area contributed by atoms with E-state index in [1.165, 1.54) is 14.2 Å². The van der Waals surface area contributed by atoms with Gasteiger partial charge in [0.25, 0.3) is 5.91 Å². The molecule has 62 heavy (non-hydrogen) atoms. The topological polar surface area (TPSA) is 178 Å². The van der Waals surface area contributed by atoms with Crippen molar-refractivity contribution < 1.29 is 29.0 Å². The molecular formula is C47H51ClN8O6. The number of carbonyl (C=O) groups is 3. The third-order valence-corrected chi connectivity index (χ3v) is 12.3. The minimum Gasteiger partial charge on any atom is -0.453 e. The second-order valence-electron chi connectivity index (χ2n) is 16.2. The van der Waals surface area contributed by atoms with Gasteiger partial charge in [0.1, 0.15) is 17.7 Å². The lowest BCUT2D eigenvalue weighted by Gasteiger charge is -2.31. The minimum absolute atomic E-state index is 0.0503. The Hall–Kier alpha value is -6.06. The monoisotopic (exact) mass is 858 g/mol. The number of fused-ring (bicyclic) bond motifs is 1. The summed E-state index contributed by atoms with van der Waals surface area (Å²) in [5, 5.41) is 18.2. The largest absolute Gasteiger partial charge is 0.453 e. The molecule has 5 N–H and O–H groups in total. The van der Waals surface area contributed by atoms with Crippen LogP contribution in [0.25, 0.3) is 44.4 Å². The fraction of sp³-hybridized carbons (Fsp3) is 0.340. The van der Waals surface area contributed by atoms with Crippen LogP contribution in [0.15, 0.2) is 97.3 Å². The van der Waals surface area contributed by atoms with Gasteiger partial charge in [0.15, 0.2) is 0 Å². The SMILES string of the molecule is COC(=O)N[C@H](C(=O)N1CCC[C@H]1c1ncc(-c2ccc(-c3ccc4cc(-c5cnc([C@@H]6CCCN6C(=O)[C@@H](NC(O)OC)C(C)C)[nH]5)ccc4c3)cc2)[nH]1)c1ccccc1Cl. The van der Waals surface area contributed by atoms with E-state index in [0.717, 1.165) is 75.9 Å². The Morgan fingerprint density at radius 2 is 1.31 bits per heavy atom. The zero-order valence-electron chi connectivity index (χ0n) is 35.1. The lowest BCUT2D eigenvalue weighted by atomic mass is 9.98. The summed E-state index contributed by atoms with van der Waals surface area (Å²) in [5.41, 5.74) is 6.31. The average Bonchev–Trinajstić information content (AvgIpc) is 4.14. The molecule has 322 valence electrons. The van der Waals surface area contributed by atoms with Crippen molar-refractivity contribution in [1.82, 2.24) is 40.4 Å². The number of nitrogens with zero attached hydrogens (tertiary/aromatic N) is 4. The highest BCUT2D eigenvalue weighted by Gasteiger charge is 2.39. The van der Waals surface area contributed by atoms with E-state index in [1.807, 2.05) is 24.9 Å². The highest BCUT2D eigenvalue weighted by Crippen LogP contribution is 2.37. The van der Waals surface area contributed by atoms with Gasteiger partial charge in [-0.15, -0.1) is 0 Å². The fourth-order valence-electron chi connectivity index (χ4n) is 8.64. The van der Waals surface area contributed by atoms with Gasteiger partial charge in [-0.25, -0.2) is 14.8 Å². The van der Waals surface area contributed by atoms with E-state index in [0.29, 0.717) is 29.5 Å². The van der Waals surface area contributed by atoms with Crippen molar-refractivity contribution in [1.29, 1.82) is 0 Å². The molecule has 5 atom stereocenters. The maximum atomic E-state index is 14.0. The summed E-state index contributed by atoms with van der Waals surface area (Å²) in [6.45, 7) is 5.02. The maximum Gasteiger partial charge on any atom is 0.407 e. The standard InChI is InChI=1S/C47H51ClN8O6/c1-27(2)40(53-46(59)61-3)44(57)55-21-7-11-38(55)43-50-26-37(52-43)33-20-19-31-23-30(17-18-32(31)24-33)28-13-15-29(16-14-28)36-25-49-42(51-36)39-12-8-22-56(39)45(58)41(54-47(60)62-4)34-9-5-6-10-35(34)48/h5-6,9-10,13-20,23-27,38-41,46,53,59H,7-8,11-12,21-22H2,1-4H3,(H,49,51)(H,50,52)(H,54,60)/t38-,39-,40-,41-,46?/m0/s1. The Balaban J connectivity index is 0.945. The van der Waals surface area contributed by atoms with Crippen LogP contribution in [0.3, 0.4) is 0 Å². The van der Waals surface area contributed by atoms with Gasteiger partial charge < -0.3 is 39.7 Å². The highest BCUT2D eigenvalue weighted by molar-refractivity contribution is 6.31. The summed E-state index contributed by atoms with van der Waals surface area (Å²) in [4.78, 5) is 59.9. The first kappa shape index (κ1) is 42.6. The van der Waals surface area contributed by atoms with E-state index >= 15 is 0 Å². The van der Waals surface area contributed by atoms with Gasteiger partial charge in [-0.05, 0) is 77.3 Å². The van der Waals surface area contributed by atoms with Gasteiger partial charge in [0.2, 0.25) is 12.3 Å². The van der Waals surface area contributed by atoms with E-state index in [1.54, 1.807) is 35.4 Å². The zero-order valence-corrected chi connectivity index (χ0v) is 35.9. The summed E-state index contributed by atoms with van der Waals surface area (Å²) in [7, 11) is 2.65. The summed E-state index contributed by atoms with van der Waals surface area (Å²) in [6, 6.07) is 25.9. The quantitative estimate of drug-likeness (QED) is 0.0723. The Kier molecular flexibility index (Phi) is 12.7. The van der Waals surface area contributed by atoms with Gasteiger partial charge in [-0.1, -0.05) is 92.2 Å². The Morgan fingerprint density at radius 3 is 1.90 bits per heavy atom. The van der Waals surface area contributed by atoms with Crippen molar-refractivity contribution >= 4 is 40.3 Å². The second kappa shape index (κ2) is 18.5. The third kappa shape index (κ3) is 8.82. The Bertz CT molecular complexity index is 2560. The molecule has 2 aromatic heterocycles. The second-order valence-corrected chi connectivity index (χ2v) is 16.6. The van der Waals surface area contributed by atoms with Crippen molar-refractivity contribution in [2.45, 2.75) is 70.1 Å². The van der Waals surface area contributed by atoms with Crippen molar-refractivity contribution in [3.05, 3.63) is 120 Å². The number of hydrogen-bond donors (Lipinski definition) is 5. The number of aliphatic hydroxyl groups is 1. The smallest absolute Gasteiger partial charge is 0.407 e. The van der Waals surface area contributed by atoms with Gasteiger partial charge in [0.05, 0.1) is 49.0 Å². The molecular weight excluding hydrogens is 808 g/mol. The lowest BCUT2D eigenvalue weighted by Crippen LogP contribution is -2.52. The number of imidazole rings is 2. The molecule has 2 aliphatic heterocycles. The number of alkyl carbamates (subject to hydrolysis) is 1. The van der Waals surface area contributed by atoms with E-state index < -0.39 is 24.6 Å². The maximum absolute atomic E-state index is 14.0. The Labute approximate surface area is 365 Å². The molecule has 2 fully saturated rings. The van der Waals surface area contributed by atoms with E-state index in [4.69, 9.17) is 31.0 Å². The number of H-pyrrole nitrogens is 2. The molecule has 14 nitrogen and oxygen atoms in total. The number of methoxy groups -OCH3 is 2. The Morgan fingerprint density at radius 1 is 0.758 bits per heavy atom. The fourth-order valence-corrected chi connectivity index (χ4v) is 8.89. The van der Waals surface area contributed by atoms with Crippen LogP contribution >= 0.6 is 11.6 Å². The molecule has 0 saturated carbocycles. The van der Waals surface area contributed by atoms with E-state index in [-0.39, 0.29) is 29.8 Å². The number of amides is 3. The number of aliphatic hydroxyl groups excluding tert-OH is 1. The van der Waals surface area contributed by atoms with Crippen LogP contribution in [0.5, 0.6) is 0 Å². The zero-order chi connectivity index (χ0) is 43.5. The number of hydrogen-bond acceptors (Lipinski definition) is 9. The number of carbonyl (C=O) groups excluding carboxylic acids is 3. The van der Waals surface area contributed by atoms with Gasteiger partial charge in [-0.3, -0.25) is 14.9 Å². The first-order valence-electron chi connectivity index (χ1n) is 20.9. The predicted octanol–water partition coefficient (Wildman–Crippen LogP) is 7.90. The van der Waals surface area contributed by atoms with E-state index in [2.05, 4.69) is 81.3 Å². The minimum atomic E-state index is -1.23. The van der Waals surface area contributed by atoms with Crippen LogP contribution in [-0.4, -0.2) is 92.5 Å². The predicted molar refractivity (Wildman–Crippen MR) is 236 cm³/mol. The molecule has 0 spiro atoms. The molecule has 3 amide bonds. The van der Waals surface area contributed by atoms with Crippen LogP contribution in [0.1, 0.15) is 74.9 Å². The number of benzene rings is 4. The van der Waals surface area contributed by atoms with Crippen molar-refractivity contribution in [2.75, 3.05) is 27.3 Å². The molecule has 8 rings (SSSR count). The number of likely N-dealkylation sites (tertiary alicyclic amines) is 2. The number of halogens is 1. The summed E-state index contributed by atoms with van der Waals surface area (Å²) < 4.78 is 9.80. The number of aromatic amines is 2. The molecule has 0 bridgehead atoms. The molecule has 2 aliphatic rings. The first-order valence-corrected chi connectivity index (χ1v) is 21.3. The first-order chi connectivity index (χ1) is 30.0. The van der Waals surface area contributed by atoms with Crippen molar-refractivity contribution in [3.63, 3.8) is 0 Å². The number of ether oxygens (including phenoxy) is 2. The average molecular weight is 859 g/mol. The van der Waals surface area contributed by atoms with Crippen LogP contribution in [0.2, 0.25) is 5.02 Å². The van der Waals surface area contributed by atoms with Crippen LogP contribution in [-0.2, 0) is 19.1 Å². The number of aromatic nitrogens is 4. The summed E-state index contributed by atoms with van der Waals surface area (Å²) in [5.74, 6) is 1.00. The lowest BCUT2D eigenvalue weighted by molar-refractivity contribution is -0.145. The molecule has 0 aliphatic carbocycles. The molecule has 4 aromatic carbocycles. The highest BCUT2D eigenvalue weighted by atomic mass is 35.5. The van der Waals surface area contributed by atoms with Crippen LogP contribution < -0.4 is 10.6 Å². The summed E-state index contributed by atoms with van der Waals surface area (Å²) in [6.07, 6.45) is 4.84. The van der Waals surface area contributed by atoms with Gasteiger partial charge >= 0.3 is 6.09 Å². The molecule has 0 radical (unpaired) electrons. The van der Waals surface area contributed by atoms with Crippen LogP contribution in [0, 0.1) is 5.92 Å².